The first kappa shape index (κ1) is 12.7. The molecule has 3 heteroatoms. The average Bonchev–Trinajstić information content (AvgIpc) is 3.14. The van der Waals surface area contributed by atoms with Gasteiger partial charge in [0, 0.05) is 18.3 Å². The number of hydrogen-bond acceptors (Lipinski definition) is 1. The minimum absolute atomic E-state index is 0.307. The zero-order valence-electron chi connectivity index (χ0n) is 12.0. The third-order valence-corrected chi connectivity index (χ3v) is 6.25. The third-order valence-electron chi connectivity index (χ3n) is 5.72. The summed E-state index contributed by atoms with van der Waals surface area (Å²) in [6, 6.07) is 8.55. The number of halogens is 1. The number of alkyl halides is 1. The predicted molar refractivity (Wildman–Crippen MR) is 83.0 cm³/mol. The van der Waals surface area contributed by atoms with Crippen molar-refractivity contribution in [3.8, 4) is 0 Å². The van der Waals surface area contributed by atoms with E-state index in [9.17, 15) is 0 Å². The maximum atomic E-state index is 6.43. The molecule has 2 bridgehead atoms. The van der Waals surface area contributed by atoms with Gasteiger partial charge in [-0.1, -0.05) is 24.6 Å². The Balaban J connectivity index is 1.74. The topological polar surface area (TPSA) is 17.8 Å². The van der Waals surface area contributed by atoms with Crippen molar-refractivity contribution in [1.82, 2.24) is 9.78 Å². The number of rotatable bonds is 3. The Morgan fingerprint density at radius 1 is 1.35 bits per heavy atom. The van der Waals surface area contributed by atoms with Gasteiger partial charge in [-0.2, -0.15) is 5.10 Å². The largest absolute Gasteiger partial charge is 0.268 e. The van der Waals surface area contributed by atoms with Crippen LogP contribution in [0.25, 0.3) is 10.9 Å². The number of nitrogens with zero attached hydrogens (tertiary/aromatic N) is 2. The van der Waals surface area contributed by atoms with Crippen LogP contribution < -0.4 is 0 Å². The first-order valence-electron chi connectivity index (χ1n) is 7.68. The number of aromatic nitrogens is 2. The van der Waals surface area contributed by atoms with Crippen LogP contribution in [0.1, 0.15) is 31.4 Å². The molecule has 1 heterocycles. The van der Waals surface area contributed by atoms with Crippen molar-refractivity contribution in [2.75, 3.05) is 5.88 Å². The molecule has 3 atom stereocenters. The Hall–Kier alpha value is -1.02. The quantitative estimate of drug-likeness (QED) is 0.776. The average molecular weight is 289 g/mol. The van der Waals surface area contributed by atoms with E-state index in [4.69, 9.17) is 16.7 Å². The molecule has 2 fully saturated rings. The zero-order chi connectivity index (χ0) is 13.7. The van der Waals surface area contributed by atoms with Gasteiger partial charge in [0.25, 0.3) is 0 Å². The molecular weight excluding hydrogens is 268 g/mol. The van der Waals surface area contributed by atoms with Crippen molar-refractivity contribution in [2.45, 2.75) is 32.1 Å². The molecule has 0 aliphatic heterocycles. The van der Waals surface area contributed by atoms with E-state index in [1.807, 2.05) is 11.7 Å². The second-order valence-electron chi connectivity index (χ2n) is 6.84. The molecule has 0 spiro atoms. The molecule has 4 rings (SSSR count). The second kappa shape index (κ2) is 4.49. The molecule has 3 unspecified atom stereocenters. The molecule has 0 radical (unpaired) electrons. The summed E-state index contributed by atoms with van der Waals surface area (Å²) in [4.78, 5) is 0. The molecule has 2 aliphatic carbocycles. The molecule has 0 amide bonds. The monoisotopic (exact) mass is 288 g/mol. The first-order chi connectivity index (χ1) is 9.72. The molecule has 1 aromatic heterocycles. The maximum absolute atomic E-state index is 6.43. The van der Waals surface area contributed by atoms with Crippen LogP contribution in [0.5, 0.6) is 0 Å². The fraction of sp³-hybridized carbons (Fsp3) is 0.588. The number of benzene rings is 1. The fourth-order valence-corrected chi connectivity index (χ4v) is 5.16. The molecular formula is C17H21ClN2. The highest BCUT2D eigenvalue weighted by Gasteiger charge is 2.50. The molecule has 2 nitrogen and oxygen atoms in total. The van der Waals surface area contributed by atoms with Gasteiger partial charge in [0.2, 0.25) is 0 Å². The Bertz CT molecular complexity index is 647. The highest BCUT2D eigenvalue weighted by atomic mass is 35.5. The number of aryl methyl sites for hydroxylation is 1. The summed E-state index contributed by atoms with van der Waals surface area (Å²) in [5.74, 6) is 2.54. The molecule has 2 aromatic rings. The molecule has 106 valence electrons. The lowest BCUT2D eigenvalue weighted by atomic mass is 9.71. The van der Waals surface area contributed by atoms with Crippen LogP contribution in [0, 0.1) is 17.3 Å². The molecule has 20 heavy (non-hydrogen) atoms. The van der Waals surface area contributed by atoms with Crippen molar-refractivity contribution in [3.63, 3.8) is 0 Å². The lowest BCUT2D eigenvalue weighted by Crippen LogP contribution is -2.32. The summed E-state index contributed by atoms with van der Waals surface area (Å²) < 4.78 is 2.01. The van der Waals surface area contributed by atoms with Crippen molar-refractivity contribution in [3.05, 3.63) is 30.0 Å². The highest BCUT2D eigenvalue weighted by Crippen LogP contribution is 2.57. The van der Waals surface area contributed by atoms with E-state index < -0.39 is 0 Å². The minimum atomic E-state index is 0.307. The van der Waals surface area contributed by atoms with Crippen LogP contribution in [0.15, 0.2) is 24.3 Å². The van der Waals surface area contributed by atoms with Crippen LogP contribution in [-0.4, -0.2) is 15.7 Å². The summed E-state index contributed by atoms with van der Waals surface area (Å²) in [5.41, 5.74) is 2.79. The number of para-hydroxylation sites is 1. The van der Waals surface area contributed by atoms with Crippen molar-refractivity contribution in [1.29, 1.82) is 0 Å². The van der Waals surface area contributed by atoms with E-state index in [0.29, 0.717) is 5.41 Å². The molecule has 2 aliphatic rings. The van der Waals surface area contributed by atoms with E-state index >= 15 is 0 Å². The molecule has 0 N–H and O–H groups in total. The second-order valence-corrected chi connectivity index (χ2v) is 7.11. The van der Waals surface area contributed by atoms with Crippen LogP contribution in [0.2, 0.25) is 0 Å². The zero-order valence-corrected chi connectivity index (χ0v) is 12.7. The van der Waals surface area contributed by atoms with Gasteiger partial charge in [-0.15, -0.1) is 11.6 Å². The maximum Gasteiger partial charge on any atom is 0.0709 e. The number of hydrogen-bond donors (Lipinski definition) is 0. The van der Waals surface area contributed by atoms with Gasteiger partial charge in [-0.3, -0.25) is 4.68 Å². The van der Waals surface area contributed by atoms with Gasteiger partial charge >= 0.3 is 0 Å². The normalized spacial score (nSPS) is 32.3. The predicted octanol–water partition coefficient (Wildman–Crippen LogP) is 4.16. The van der Waals surface area contributed by atoms with Gasteiger partial charge in [0.15, 0.2) is 0 Å². The van der Waals surface area contributed by atoms with Gasteiger partial charge in [-0.05, 0) is 49.0 Å². The minimum Gasteiger partial charge on any atom is -0.268 e. The molecule has 1 aromatic carbocycles. The van der Waals surface area contributed by atoms with Crippen molar-refractivity contribution in [2.24, 2.45) is 24.3 Å². The van der Waals surface area contributed by atoms with E-state index in [1.165, 1.54) is 42.3 Å². The highest BCUT2D eigenvalue weighted by molar-refractivity contribution is 6.18. The van der Waals surface area contributed by atoms with Crippen LogP contribution in [-0.2, 0) is 13.5 Å². The summed E-state index contributed by atoms with van der Waals surface area (Å²) in [6.45, 7) is 0. The third kappa shape index (κ3) is 1.74. The van der Waals surface area contributed by atoms with Crippen molar-refractivity contribution < 1.29 is 0 Å². The lowest BCUT2D eigenvalue weighted by molar-refractivity contribution is 0.191. The fourth-order valence-electron chi connectivity index (χ4n) is 4.74. The lowest BCUT2D eigenvalue weighted by Gasteiger charge is -2.35. The molecule has 2 saturated carbocycles. The number of fused-ring (bicyclic) bond motifs is 3. The van der Waals surface area contributed by atoms with Gasteiger partial charge in [0.1, 0.15) is 0 Å². The Morgan fingerprint density at radius 2 is 2.20 bits per heavy atom. The van der Waals surface area contributed by atoms with E-state index in [1.54, 1.807) is 0 Å². The van der Waals surface area contributed by atoms with E-state index in [-0.39, 0.29) is 0 Å². The summed E-state index contributed by atoms with van der Waals surface area (Å²) in [7, 11) is 2.04. The SMILES string of the molecule is Cn1nc(CC2(CCl)CC3CCC2C3)c2ccccc21. The smallest absolute Gasteiger partial charge is 0.0709 e. The molecule has 0 saturated heterocycles. The van der Waals surface area contributed by atoms with Gasteiger partial charge in [-0.25, -0.2) is 0 Å². The summed E-state index contributed by atoms with van der Waals surface area (Å²) in [5, 5.41) is 6.10. The van der Waals surface area contributed by atoms with Crippen LogP contribution >= 0.6 is 11.6 Å². The summed E-state index contributed by atoms with van der Waals surface area (Å²) >= 11 is 6.43. The standard InChI is InChI=1S/C17H21ClN2/c1-20-16-5-3-2-4-14(16)15(19-20)10-17(11-18)9-12-6-7-13(17)8-12/h2-5,12-13H,6-11H2,1H3. The van der Waals surface area contributed by atoms with E-state index in [0.717, 1.165) is 24.1 Å². The van der Waals surface area contributed by atoms with Gasteiger partial charge in [0.05, 0.1) is 11.2 Å². The van der Waals surface area contributed by atoms with E-state index in [2.05, 4.69) is 24.3 Å². The van der Waals surface area contributed by atoms with Crippen LogP contribution in [0.4, 0.5) is 0 Å². The Labute approximate surface area is 125 Å². The Kier molecular flexibility index (Phi) is 2.85. The van der Waals surface area contributed by atoms with Crippen molar-refractivity contribution >= 4 is 22.5 Å². The first-order valence-corrected chi connectivity index (χ1v) is 8.22. The summed E-state index contributed by atoms with van der Waals surface area (Å²) in [6.07, 6.45) is 6.57. The van der Waals surface area contributed by atoms with Gasteiger partial charge < -0.3 is 0 Å². The van der Waals surface area contributed by atoms with Crippen LogP contribution in [0.3, 0.4) is 0 Å². The Morgan fingerprint density at radius 3 is 2.90 bits per heavy atom.